The molecule has 25 heavy (non-hydrogen) atoms. The van der Waals surface area contributed by atoms with Gasteiger partial charge in [-0.3, -0.25) is 19.2 Å². The Hall–Kier alpha value is -3.14. The smallest absolute Gasteiger partial charge is 0.322 e. The number of hydrogen-bond acceptors (Lipinski definition) is 6. The van der Waals surface area contributed by atoms with Crippen molar-refractivity contribution in [3.63, 3.8) is 0 Å². The van der Waals surface area contributed by atoms with Crippen LogP contribution in [0.3, 0.4) is 0 Å². The molecule has 0 saturated heterocycles. The fourth-order valence-electron chi connectivity index (χ4n) is 1.92. The van der Waals surface area contributed by atoms with Gasteiger partial charge in [0.15, 0.2) is 0 Å². The summed E-state index contributed by atoms with van der Waals surface area (Å²) < 4.78 is 0. The molecule has 2 amide bonds. The molecular formula is C15H19N3O7. The molecule has 7 N–H and O–H groups in total. The van der Waals surface area contributed by atoms with E-state index in [0.29, 0.717) is 5.56 Å². The van der Waals surface area contributed by atoms with E-state index >= 15 is 0 Å². The van der Waals surface area contributed by atoms with Crippen molar-refractivity contribution in [2.24, 2.45) is 5.73 Å². The Labute approximate surface area is 142 Å². The molecule has 10 heteroatoms. The Morgan fingerprint density at radius 3 is 2.12 bits per heavy atom. The van der Waals surface area contributed by atoms with Crippen LogP contribution in [0.15, 0.2) is 24.3 Å². The summed E-state index contributed by atoms with van der Waals surface area (Å²) in [6.07, 6.45) is -0.619. The number of nitrogens with two attached hydrogens (primary N) is 1. The van der Waals surface area contributed by atoms with Crippen LogP contribution in [0.25, 0.3) is 0 Å². The summed E-state index contributed by atoms with van der Waals surface area (Å²) in [6.45, 7) is -0.637. The Morgan fingerprint density at radius 1 is 1.00 bits per heavy atom. The van der Waals surface area contributed by atoms with Crippen LogP contribution in [0.5, 0.6) is 5.75 Å². The zero-order chi connectivity index (χ0) is 19.0. The van der Waals surface area contributed by atoms with E-state index in [2.05, 4.69) is 10.6 Å². The number of carbonyl (C=O) groups is 4. The molecule has 0 heterocycles. The minimum Gasteiger partial charge on any atom is -0.508 e. The summed E-state index contributed by atoms with van der Waals surface area (Å²) in [4.78, 5) is 45.2. The van der Waals surface area contributed by atoms with Crippen LogP contribution in [-0.4, -0.2) is 57.7 Å². The van der Waals surface area contributed by atoms with Crippen molar-refractivity contribution < 1.29 is 34.5 Å². The third kappa shape index (κ3) is 7.31. The second kappa shape index (κ2) is 9.23. The minimum atomic E-state index is -1.35. The average molecular weight is 353 g/mol. The van der Waals surface area contributed by atoms with Crippen LogP contribution in [0.1, 0.15) is 12.0 Å². The summed E-state index contributed by atoms with van der Waals surface area (Å²) in [6, 6.07) is 3.31. The molecule has 0 bridgehead atoms. The lowest BCUT2D eigenvalue weighted by Crippen LogP contribution is -2.53. The number of benzene rings is 1. The van der Waals surface area contributed by atoms with Crippen LogP contribution < -0.4 is 16.4 Å². The number of aliphatic carboxylic acids is 2. The first kappa shape index (κ1) is 19.9. The van der Waals surface area contributed by atoms with Gasteiger partial charge in [0.2, 0.25) is 11.8 Å². The van der Waals surface area contributed by atoms with Gasteiger partial charge in [0.25, 0.3) is 0 Å². The number of carbonyl (C=O) groups excluding carboxylic acids is 2. The first-order chi connectivity index (χ1) is 11.7. The van der Waals surface area contributed by atoms with Gasteiger partial charge in [-0.15, -0.1) is 0 Å². The molecular weight excluding hydrogens is 334 g/mol. The Kier molecular flexibility index (Phi) is 7.35. The molecule has 0 spiro atoms. The van der Waals surface area contributed by atoms with Crippen molar-refractivity contribution in [1.29, 1.82) is 0 Å². The number of phenolic OH excluding ortho intramolecular Hbond substituents is 1. The van der Waals surface area contributed by atoms with Crippen molar-refractivity contribution in [3.05, 3.63) is 29.8 Å². The SMILES string of the molecule is NC(CC(=O)O)C(=O)NC(Cc1ccc(O)cc1)C(=O)NCC(=O)O. The van der Waals surface area contributed by atoms with Gasteiger partial charge in [-0.1, -0.05) is 12.1 Å². The van der Waals surface area contributed by atoms with Gasteiger partial charge in [-0.05, 0) is 17.7 Å². The summed E-state index contributed by atoms with van der Waals surface area (Å²) >= 11 is 0. The van der Waals surface area contributed by atoms with E-state index in [0.717, 1.165) is 0 Å². The third-order valence-corrected chi connectivity index (χ3v) is 3.15. The first-order valence-corrected chi connectivity index (χ1v) is 7.24. The van der Waals surface area contributed by atoms with Crippen LogP contribution in [0, 0.1) is 0 Å². The Bertz CT molecular complexity index is 645. The van der Waals surface area contributed by atoms with Gasteiger partial charge in [-0.25, -0.2) is 0 Å². The molecule has 1 rings (SSSR count). The van der Waals surface area contributed by atoms with Gasteiger partial charge in [0, 0.05) is 6.42 Å². The summed E-state index contributed by atoms with van der Waals surface area (Å²) in [5.74, 6) is -4.12. The molecule has 0 saturated carbocycles. The highest BCUT2D eigenvalue weighted by molar-refractivity contribution is 5.92. The monoisotopic (exact) mass is 353 g/mol. The molecule has 2 unspecified atom stereocenters. The van der Waals surface area contributed by atoms with Crippen molar-refractivity contribution in [2.75, 3.05) is 6.54 Å². The molecule has 0 radical (unpaired) electrons. The van der Waals surface area contributed by atoms with Gasteiger partial charge >= 0.3 is 11.9 Å². The molecule has 0 aromatic heterocycles. The Balaban J connectivity index is 2.84. The molecule has 2 atom stereocenters. The molecule has 10 nitrogen and oxygen atoms in total. The fraction of sp³-hybridized carbons (Fsp3) is 0.333. The molecule has 1 aromatic carbocycles. The Morgan fingerprint density at radius 2 is 1.60 bits per heavy atom. The molecule has 0 aliphatic carbocycles. The van der Waals surface area contributed by atoms with Crippen molar-refractivity contribution in [2.45, 2.75) is 24.9 Å². The number of carboxylic acid groups (broad SMARTS) is 2. The zero-order valence-electron chi connectivity index (χ0n) is 13.1. The number of nitrogens with one attached hydrogen (secondary N) is 2. The first-order valence-electron chi connectivity index (χ1n) is 7.24. The van der Waals surface area contributed by atoms with E-state index in [1.54, 1.807) is 0 Å². The minimum absolute atomic E-state index is 0.00271. The second-order valence-corrected chi connectivity index (χ2v) is 5.25. The van der Waals surface area contributed by atoms with Crippen LogP contribution >= 0.6 is 0 Å². The van der Waals surface area contributed by atoms with Crippen molar-refractivity contribution >= 4 is 23.8 Å². The fourth-order valence-corrected chi connectivity index (χ4v) is 1.92. The lowest BCUT2D eigenvalue weighted by atomic mass is 10.0. The highest BCUT2D eigenvalue weighted by Gasteiger charge is 2.25. The van der Waals surface area contributed by atoms with Crippen LogP contribution in [0.2, 0.25) is 0 Å². The van der Waals surface area contributed by atoms with Crippen LogP contribution in [-0.2, 0) is 25.6 Å². The number of carboxylic acids is 2. The van der Waals surface area contributed by atoms with E-state index in [1.807, 2.05) is 0 Å². The quantitative estimate of drug-likeness (QED) is 0.308. The third-order valence-electron chi connectivity index (χ3n) is 3.15. The normalized spacial score (nSPS) is 12.7. The maximum atomic E-state index is 12.1. The van der Waals surface area contributed by atoms with Gasteiger partial charge in [-0.2, -0.15) is 0 Å². The van der Waals surface area contributed by atoms with E-state index in [9.17, 15) is 24.3 Å². The molecule has 136 valence electrons. The maximum absolute atomic E-state index is 12.1. The number of phenols is 1. The number of amides is 2. The maximum Gasteiger partial charge on any atom is 0.322 e. The van der Waals surface area contributed by atoms with Gasteiger partial charge in [0.05, 0.1) is 12.5 Å². The van der Waals surface area contributed by atoms with E-state index in [1.165, 1.54) is 24.3 Å². The highest BCUT2D eigenvalue weighted by atomic mass is 16.4. The predicted molar refractivity (Wildman–Crippen MR) is 84.6 cm³/mol. The van der Waals surface area contributed by atoms with E-state index in [-0.39, 0.29) is 12.2 Å². The summed E-state index contributed by atoms with van der Waals surface area (Å²) in [7, 11) is 0. The zero-order valence-corrected chi connectivity index (χ0v) is 13.1. The van der Waals surface area contributed by atoms with Crippen LogP contribution in [0.4, 0.5) is 0 Å². The molecule has 0 aliphatic heterocycles. The highest BCUT2D eigenvalue weighted by Crippen LogP contribution is 2.11. The molecule has 0 fully saturated rings. The second-order valence-electron chi connectivity index (χ2n) is 5.25. The van der Waals surface area contributed by atoms with E-state index < -0.39 is 48.8 Å². The number of hydrogen-bond donors (Lipinski definition) is 6. The number of aromatic hydroxyl groups is 1. The summed E-state index contributed by atoms with van der Waals surface area (Å²) in [5.41, 5.74) is 6.03. The largest absolute Gasteiger partial charge is 0.508 e. The lowest BCUT2D eigenvalue weighted by Gasteiger charge is -2.20. The van der Waals surface area contributed by atoms with Gasteiger partial charge in [0.1, 0.15) is 18.3 Å². The van der Waals surface area contributed by atoms with Gasteiger partial charge < -0.3 is 31.7 Å². The topological polar surface area (TPSA) is 179 Å². The molecule has 0 aliphatic rings. The standard InChI is InChI=1S/C15H19N3O7/c16-10(6-12(20)21)14(24)18-11(15(25)17-7-13(22)23)5-8-1-3-9(19)4-2-8/h1-4,10-11,19H,5-7,16H2,(H,17,25)(H,18,24)(H,20,21)(H,22,23). The summed E-state index contributed by atoms with van der Waals surface area (Å²) in [5, 5.41) is 31.0. The molecule has 1 aromatic rings. The number of rotatable bonds is 9. The average Bonchev–Trinajstić information content (AvgIpc) is 2.53. The van der Waals surface area contributed by atoms with Crippen molar-refractivity contribution in [1.82, 2.24) is 10.6 Å². The van der Waals surface area contributed by atoms with E-state index in [4.69, 9.17) is 15.9 Å². The lowest BCUT2D eigenvalue weighted by molar-refractivity contribution is -0.140. The van der Waals surface area contributed by atoms with Crippen molar-refractivity contribution in [3.8, 4) is 5.75 Å². The predicted octanol–water partition coefficient (Wildman–Crippen LogP) is -1.58.